The molecule has 2 aromatic rings. The quantitative estimate of drug-likeness (QED) is 0.797. The molecule has 0 aliphatic heterocycles. The van der Waals surface area contributed by atoms with Gasteiger partial charge in [0.1, 0.15) is 5.75 Å². The van der Waals surface area contributed by atoms with Crippen LogP contribution >= 0.6 is 0 Å². The lowest BCUT2D eigenvalue weighted by Crippen LogP contribution is -2.11. The molecule has 0 unspecified atom stereocenters. The molecule has 0 saturated carbocycles. The van der Waals surface area contributed by atoms with E-state index in [9.17, 15) is 4.79 Å². The van der Waals surface area contributed by atoms with Crippen molar-refractivity contribution in [2.75, 3.05) is 6.61 Å². The van der Waals surface area contributed by atoms with Crippen molar-refractivity contribution < 1.29 is 9.53 Å². The van der Waals surface area contributed by atoms with Crippen LogP contribution in [0.25, 0.3) is 10.9 Å². The van der Waals surface area contributed by atoms with Crippen molar-refractivity contribution in [2.45, 2.75) is 12.8 Å². The van der Waals surface area contributed by atoms with Gasteiger partial charge in [0.05, 0.1) is 12.1 Å². The predicted molar refractivity (Wildman–Crippen MR) is 65.7 cm³/mol. The van der Waals surface area contributed by atoms with Gasteiger partial charge in [-0.25, -0.2) is 0 Å². The number of benzene rings is 1. The van der Waals surface area contributed by atoms with E-state index in [0.29, 0.717) is 19.4 Å². The molecule has 0 radical (unpaired) electrons. The fraction of sp³-hybridized carbons (Fsp3) is 0.231. The molecule has 0 fully saturated rings. The molecule has 1 heterocycles. The van der Waals surface area contributed by atoms with Gasteiger partial charge in [0.25, 0.3) is 0 Å². The number of pyridine rings is 1. The standard InChI is InChI=1S/C13H14N2O2/c14-13(16)4-2-8-17-11-6-5-10-3-1-7-15-12(10)9-11/h1,3,5-7,9H,2,4,8H2,(H2,14,16). The Labute approximate surface area is 99.4 Å². The zero-order valence-electron chi connectivity index (χ0n) is 9.43. The summed E-state index contributed by atoms with van der Waals surface area (Å²) < 4.78 is 5.52. The van der Waals surface area contributed by atoms with Crippen molar-refractivity contribution in [2.24, 2.45) is 5.73 Å². The molecule has 0 atom stereocenters. The summed E-state index contributed by atoms with van der Waals surface area (Å²) in [7, 11) is 0. The van der Waals surface area contributed by atoms with Crippen LogP contribution in [0.3, 0.4) is 0 Å². The normalized spacial score (nSPS) is 10.4. The van der Waals surface area contributed by atoms with Crippen LogP contribution in [0.1, 0.15) is 12.8 Å². The van der Waals surface area contributed by atoms with Gasteiger partial charge in [0.2, 0.25) is 5.91 Å². The summed E-state index contributed by atoms with van der Waals surface area (Å²) in [5.74, 6) is 0.467. The molecule has 2 rings (SSSR count). The second kappa shape index (κ2) is 5.30. The zero-order chi connectivity index (χ0) is 12.1. The number of carbonyl (C=O) groups is 1. The molecule has 1 aromatic carbocycles. The predicted octanol–water partition coefficient (Wildman–Crippen LogP) is 1.88. The number of fused-ring (bicyclic) bond motifs is 1. The van der Waals surface area contributed by atoms with Crippen molar-refractivity contribution in [3.8, 4) is 5.75 Å². The molecule has 1 aromatic heterocycles. The average molecular weight is 230 g/mol. The monoisotopic (exact) mass is 230 g/mol. The molecule has 0 saturated heterocycles. The van der Waals surface area contributed by atoms with Gasteiger partial charge in [-0.05, 0) is 24.6 Å². The first-order valence-corrected chi connectivity index (χ1v) is 5.51. The molecule has 4 heteroatoms. The molecule has 4 nitrogen and oxygen atoms in total. The van der Waals surface area contributed by atoms with Crippen molar-refractivity contribution in [1.29, 1.82) is 0 Å². The Balaban J connectivity index is 1.97. The van der Waals surface area contributed by atoms with E-state index in [1.165, 1.54) is 0 Å². The van der Waals surface area contributed by atoms with E-state index < -0.39 is 0 Å². The third-order valence-electron chi connectivity index (χ3n) is 2.41. The molecular formula is C13H14N2O2. The number of ether oxygens (including phenoxy) is 1. The number of nitrogens with zero attached hydrogens (tertiary/aromatic N) is 1. The first-order chi connectivity index (χ1) is 8.25. The average Bonchev–Trinajstić information content (AvgIpc) is 2.34. The lowest BCUT2D eigenvalue weighted by Gasteiger charge is -2.06. The third kappa shape index (κ3) is 3.17. The highest BCUT2D eigenvalue weighted by Crippen LogP contribution is 2.18. The fourth-order valence-corrected chi connectivity index (χ4v) is 1.57. The number of rotatable bonds is 5. The van der Waals surface area contributed by atoms with Gasteiger partial charge in [-0.15, -0.1) is 0 Å². The van der Waals surface area contributed by atoms with E-state index in [1.54, 1.807) is 6.20 Å². The smallest absolute Gasteiger partial charge is 0.217 e. The maximum absolute atomic E-state index is 10.5. The molecule has 17 heavy (non-hydrogen) atoms. The van der Waals surface area contributed by atoms with Crippen LogP contribution in [-0.2, 0) is 4.79 Å². The molecule has 88 valence electrons. The van der Waals surface area contributed by atoms with Crippen LogP contribution in [0.2, 0.25) is 0 Å². The van der Waals surface area contributed by atoms with Gasteiger partial charge < -0.3 is 10.5 Å². The van der Waals surface area contributed by atoms with Gasteiger partial charge in [-0.1, -0.05) is 6.07 Å². The number of hydrogen-bond donors (Lipinski definition) is 1. The van der Waals surface area contributed by atoms with Crippen LogP contribution in [-0.4, -0.2) is 17.5 Å². The minimum Gasteiger partial charge on any atom is -0.494 e. The van der Waals surface area contributed by atoms with Gasteiger partial charge in [0, 0.05) is 24.1 Å². The first kappa shape index (κ1) is 11.4. The third-order valence-corrected chi connectivity index (χ3v) is 2.41. The van der Waals surface area contributed by atoms with Gasteiger partial charge in [-0.2, -0.15) is 0 Å². The highest BCUT2D eigenvalue weighted by molar-refractivity contribution is 5.79. The SMILES string of the molecule is NC(=O)CCCOc1ccc2cccnc2c1. The summed E-state index contributed by atoms with van der Waals surface area (Å²) >= 11 is 0. The maximum atomic E-state index is 10.5. The highest BCUT2D eigenvalue weighted by atomic mass is 16.5. The Morgan fingerprint density at radius 1 is 1.35 bits per heavy atom. The summed E-state index contributed by atoms with van der Waals surface area (Å²) in [4.78, 5) is 14.8. The number of hydrogen-bond acceptors (Lipinski definition) is 3. The Bertz CT molecular complexity index is 526. The van der Waals surface area contributed by atoms with E-state index in [-0.39, 0.29) is 5.91 Å². The van der Waals surface area contributed by atoms with Crippen molar-refractivity contribution in [3.63, 3.8) is 0 Å². The number of carbonyl (C=O) groups excluding carboxylic acids is 1. The number of aromatic nitrogens is 1. The molecule has 2 N–H and O–H groups in total. The van der Waals surface area contributed by atoms with E-state index in [4.69, 9.17) is 10.5 Å². The van der Waals surface area contributed by atoms with Gasteiger partial charge in [-0.3, -0.25) is 9.78 Å². The van der Waals surface area contributed by atoms with Crippen LogP contribution in [0, 0.1) is 0 Å². The molecule has 0 aliphatic carbocycles. The fourth-order valence-electron chi connectivity index (χ4n) is 1.57. The molecule has 0 spiro atoms. The molecule has 1 amide bonds. The largest absolute Gasteiger partial charge is 0.494 e. The van der Waals surface area contributed by atoms with Crippen LogP contribution in [0.15, 0.2) is 36.5 Å². The lowest BCUT2D eigenvalue weighted by molar-refractivity contribution is -0.118. The van der Waals surface area contributed by atoms with Crippen LogP contribution in [0.4, 0.5) is 0 Å². The van der Waals surface area contributed by atoms with E-state index in [1.807, 2.05) is 30.3 Å². The minimum absolute atomic E-state index is 0.297. The molecular weight excluding hydrogens is 216 g/mol. The number of nitrogens with two attached hydrogens (primary N) is 1. The summed E-state index contributed by atoms with van der Waals surface area (Å²) in [6.07, 6.45) is 2.74. The van der Waals surface area contributed by atoms with Crippen molar-refractivity contribution >= 4 is 16.8 Å². The first-order valence-electron chi connectivity index (χ1n) is 5.51. The Hall–Kier alpha value is -2.10. The molecule has 0 bridgehead atoms. The van der Waals surface area contributed by atoms with E-state index in [0.717, 1.165) is 16.7 Å². The van der Waals surface area contributed by atoms with Crippen molar-refractivity contribution in [3.05, 3.63) is 36.5 Å². The summed E-state index contributed by atoms with van der Waals surface area (Å²) in [5.41, 5.74) is 5.94. The Kier molecular flexibility index (Phi) is 3.55. The van der Waals surface area contributed by atoms with E-state index in [2.05, 4.69) is 4.98 Å². The number of amides is 1. The summed E-state index contributed by atoms with van der Waals surface area (Å²) in [6.45, 7) is 0.487. The van der Waals surface area contributed by atoms with Crippen LogP contribution < -0.4 is 10.5 Å². The van der Waals surface area contributed by atoms with Gasteiger partial charge in [0.15, 0.2) is 0 Å². The van der Waals surface area contributed by atoms with Crippen LogP contribution in [0.5, 0.6) is 5.75 Å². The van der Waals surface area contributed by atoms with Crippen molar-refractivity contribution in [1.82, 2.24) is 4.98 Å². The van der Waals surface area contributed by atoms with Gasteiger partial charge >= 0.3 is 0 Å². The second-order valence-electron chi connectivity index (χ2n) is 3.78. The summed E-state index contributed by atoms with van der Waals surface area (Å²) in [5, 5.41) is 1.08. The second-order valence-corrected chi connectivity index (χ2v) is 3.78. The maximum Gasteiger partial charge on any atom is 0.217 e. The lowest BCUT2D eigenvalue weighted by atomic mass is 10.2. The number of primary amides is 1. The Morgan fingerprint density at radius 2 is 2.24 bits per heavy atom. The molecule has 0 aliphatic rings. The summed E-state index contributed by atoms with van der Waals surface area (Å²) in [6, 6.07) is 9.65. The van der Waals surface area contributed by atoms with E-state index >= 15 is 0 Å². The Morgan fingerprint density at radius 3 is 3.06 bits per heavy atom. The zero-order valence-corrected chi connectivity index (χ0v) is 9.43. The highest BCUT2D eigenvalue weighted by Gasteiger charge is 1.99. The minimum atomic E-state index is -0.297. The topological polar surface area (TPSA) is 65.2 Å².